The Kier molecular flexibility index (Phi) is 4.35. The summed E-state index contributed by atoms with van der Waals surface area (Å²) < 4.78 is 16.9. The van der Waals surface area contributed by atoms with Gasteiger partial charge in [-0.3, -0.25) is 0 Å². The van der Waals surface area contributed by atoms with Gasteiger partial charge in [0.25, 0.3) is 5.89 Å². The second-order valence-corrected chi connectivity index (χ2v) is 6.71. The van der Waals surface area contributed by atoms with Gasteiger partial charge in [-0.1, -0.05) is 23.4 Å². The Morgan fingerprint density at radius 3 is 2.75 bits per heavy atom. The van der Waals surface area contributed by atoms with E-state index in [2.05, 4.69) is 10.1 Å². The third-order valence-electron chi connectivity index (χ3n) is 5.01. The Labute approximate surface area is 141 Å². The first-order chi connectivity index (χ1) is 11.7. The minimum absolute atomic E-state index is 0.257. The molecule has 1 saturated carbocycles. The van der Waals surface area contributed by atoms with Crippen LogP contribution in [0.1, 0.15) is 43.5 Å². The summed E-state index contributed by atoms with van der Waals surface area (Å²) in [6.07, 6.45) is 5.11. The monoisotopic (exact) mass is 329 g/mol. The quantitative estimate of drug-likeness (QED) is 0.908. The molecule has 0 amide bonds. The fraction of sp³-hybridized carbons (Fsp3) is 0.556. The van der Waals surface area contributed by atoms with Crippen molar-refractivity contribution in [3.05, 3.63) is 35.7 Å². The van der Waals surface area contributed by atoms with Crippen LogP contribution in [0.15, 0.2) is 28.8 Å². The van der Waals surface area contributed by atoms with Gasteiger partial charge in [0.15, 0.2) is 5.82 Å². The Balaban J connectivity index is 1.51. The molecule has 2 N–H and O–H groups in total. The summed E-state index contributed by atoms with van der Waals surface area (Å²) in [5.41, 5.74) is 7.86. The van der Waals surface area contributed by atoms with E-state index in [1.165, 1.54) is 0 Å². The summed E-state index contributed by atoms with van der Waals surface area (Å²) in [5, 5.41) is 4.11. The zero-order chi connectivity index (χ0) is 16.4. The van der Waals surface area contributed by atoms with Crippen LogP contribution in [0.4, 0.5) is 0 Å². The lowest BCUT2D eigenvalue weighted by atomic mass is 9.77. The number of hydrogen-bond acceptors (Lipinski definition) is 6. The molecule has 4 rings (SSSR count). The SMILES string of the molecule is NC1(c2noc(-c3ccccc3COC3CCOCC3)n2)CCC1. The van der Waals surface area contributed by atoms with Crippen molar-refractivity contribution in [3.63, 3.8) is 0 Å². The van der Waals surface area contributed by atoms with Gasteiger partial charge in [-0.15, -0.1) is 0 Å². The van der Waals surface area contributed by atoms with E-state index in [0.717, 1.165) is 56.4 Å². The maximum absolute atomic E-state index is 6.29. The summed E-state index contributed by atoms with van der Waals surface area (Å²) in [6, 6.07) is 8.00. The van der Waals surface area contributed by atoms with E-state index in [4.69, 9.17) is 19.7 Å². The molecule has 0 radical (unpaired) electrons. The summed E-state index contributed by atoms with van der Waals surface area (Å²) in [7, 11) is 0. The van der Waals surface area contributed by atoms with Gasteiger partial charge in [0.1, 0.15) is 0 Å². The molecule has 1 aromatic heterocycles. The number of ether oxygens (including phenoxy) is 2. The van der Waals surface area contributed by atoms with E-state index in [9.17, 15) is 0 Å². The van der Waals surface area contributed by atoms with Crippen LogP contribution >= 0.6 is 0 Å². The van der Waals surface area contributed by atoms with Gasteiger partial charge in [-0.2, -0.15) is 4.98 Å². The minimum Gasteiger partial charge on any atom is -0.381 e. The summed E-state index contributed by atoms with van der Waals surface area (Å²) in [6.45, 7) is 2.09. The molecule has 1 aliphatic carbocycles. The lowest BCUT2D eigenvalue weighted by Crippen LogP contribution is -2.44. The van der Waals surface area contributed by atoms with Gasteiger partial charge < -0.3 is 19.7 Å². The van der Waals surface area contributed by atoms with Crippen LogP contribution in [0.25, 0.3) is 11.5 Å². The molecule has 0 atom stereocenters. The van der Waals surface area contributed by atoms with Crippen molar-refractivity contribution in [1.29, 1.82) is 0 Å². The Morgan fingerprint density at radius 1 is 1.21 bits per heavy atom. The zero-order valence-electron chi connectivity index (χ0n) is 13.7. The lowest BCUT2D eigenvalue weighted by molar-refractivity contribution is -0.0389. The third kappa shape index (κ3) is 3.09. The van der Waals surface area contributed by atoms with E-state index in [1.54, 1.807) is 0 Å². The first-order valence-electron chi connectivity index (χ1n) is 8.65. The molecule has 2 fully saturated rings. The van der Waals surface area contributed by atoms with Crippen LogP contribution in [0, 0.1) is 0 Å². The molecule has 6 heteroatoms. The van der Waals surface area contributed by atoms with Crippen LogP contribution in [0.5, 0.6) is 0 Å². The van der Waals surface area contributed by atoms with Gasteiger partial charge in [0.05, 0.1) is 18.2 Å². The Hall–Kier alpha value is -1.76. The van der Waals surface area contributed by atoms with E-state index >= 15 is 0 Å². The fourth-order valence-corrected chi connectivity index (χ4v) is 3.22. The Bertz CT molecular complexity index is 690. The van der Waals surface area contributed by atoms with Crippen molar-refractivity contribution >= 4 is 0 Å². The predicted octanol–water partition coefficient (Wildman–Crippen LogP) is 2.77. The average Bonchev–Trinajstić information content (AvgIpc) is 3.09. The lowest BCUT2D eigenvalue weighted by Gasteiger charge is -2.34. The molecule has 0 spiro atoms. The molecule has 128 valence electrons. The van der Waals surface area contributed by atoms with E-state index < -0.39 is 5.54 Å². The molecule has 1 saturated heterocycles. The molecule has 6 nitrogen and oxygen atoms in total. The number of nitrogens with two attached hydrogens (primary N) is 1. The van der Waals surface area contributed by atoms with Crippen molar-refractivity contribution < 1.29 is 14.0 Å². The van der Waals surface area contributed by atoms with Crippen LogP contribution < -0.4 is 5.73 Å². The molecule has 1 aliphatic heterocycles. The van der Waals surface area contributed by atoms with Crippen molar-refractivity contribution in [3.8, 4) is 11.5 Å². The van der Waals surface area contributed by atoms with Gasteiger partial charge in [-0.05, 0) is 43.7 Å². The molecule has 2 aliphatic rings. The van der Waals surface area contributed by atoms with Crippen molar-refractivity contribution in [2.45, 2.75) is 50.4 Å². The van der Waals surface area contributed by atoms with Crippen molar-refractivity contribution in [2.75, 3.05) is 13.2 Å². The van der Waals surface area contributed by atoms with Crippen LogP contribution in [0.3, 0.4) is 0 Å². The summed E-state index contributed by atoms with van der Waals surface area (Å²) >= 11 is 0. The fourth-order valence-electron chi connectivity index (χ4n) is 3.22. The molecule has 24 heavy (non-hydrogen) atoms. The van der Waals surface area contributed by atoms with Crippen molar-refractivity contribution in [1.82, 2.24) is 10.1 Å². The topological polar surface area (TPSA) is 83.4 Å². The number of nitrogens with zero attached hydrogens (tertiary/aromatic N) is 2. The highest BCUT2D eigenvalue weighted by atomic mass is 16.5. The summed E-state index contributed by atoms with van der Waals surface area (Å²) in [4.78, 5) is 4.55. The highest BCUT2D eigenvalue weighted by Crippen LogP contribution is 2.38. The second kappa shape index (κ2) is 6.63. The molecule has 2 heterocycles. The smallest absolute Gasteiger partial charge is 0.258 e. The molecule has 2 aromatic rings. The average molecular weight is 329 g/mol. The highest BCUT2D eigenvalue weighted by Gasteiger charge is 2.39. The van der Waals surface area contributed by atoms with Gasteiger partial charge in [0.2, 0.25) is 0 Å². The summed E-state index contributed by atoms with van der Waals surface area (Å²) in [5.74, 6) is 1.14. The van der Waals surface area contributed by atoms with Gasteiger partial charge >= 0.3 is 0 Å². The zero-order valence-corrected chi connectivity index (χ0v) is 13.7. The maximum atomic E-state index is 6.29. The number of aromatic nitrogens is 2. The van der Waals surface area contributed by atoms with Crippen molar-refractivity contribution in [2.24, 2.45) is 5.73 Å². The molecule has 0 unspecified atom stereocenters. The molecule has 1 aromatic carbocycles. The maximum Gasteiger partial charge on any atom is 0.258 e. The number of hydrogen-bond donors (Lipinski definition) is 1. The van der Waals surface area contributed by atoms with E-state index in [0.29, 0.717) is 18.3 Å². The standard InChI is InChI=1S/C18H23N3O3/c19-18(8-3-9-18)17-20-16(24-21-17)15-5-2-1-4-13(15)12-23-14-6-10-22-11-7-14/h1-2,4-5,14H,3,6-12,19H2. The minimum atomic E-state index is -0.407. The van der Waals surface area contributed by atoms with Gasteiger partial charge in [0, 0.05) is 18.8 Å². The number of rotatable bonds is 5. The predicted molar refractivity (Wildman–Crippen MR) is 88.1 cm³/mol. The van der Waals surface area contributed by atoms with Crippen LogP contribution in [0.2, 0.25) is 0 Å². The second-order valence-electron chi connectivity index (χ2n) is 6.71. The first kappa shape index (κ1) is 15.7. The Morgan fingerprint density at radius 2 is 2.00 bits per heavy atom. The normalized spacial score (nSPS) is 20.7. The third-order valence-corrected chi connectivity index (χ3v) is 5.01. The molecular weight excluding hydrogens is 306 g/mol. The largest absolute Gasteiger partial charge is 0.381 e. The molecular formula is C18H23N3O3. The molecule has 0 bridgehead atoms. The van der Waals surface area contributed by atoms with E-state index in [1.807, 2.05) is 24.3 Å². The highest BCUT2D eigenvalue weighted by molar-refractivity contribution is 5.58. The van der Waals surface area contributed by atoms with Crippen LogP contribution in [-0.2, 0) is 21.6 Å². The van der Waals surface area contributed by atoms with E-state index in [-0.39, 0.29) is 6.10 Å². The number of benzene rings is 1. The van der Waals surface area contributed by atoms with Crippen LogP contribution in [-0.4, -0.2) is 29.5 Å². The first-order valence-corrected chi connectivity index (χ1v) is 8.65. The van der Waals surface area contributed by atoms with Gasteiger partial charge in [-0.25, -0.2) is 0 Å².